The van der Waals surface area contributed by atoms with Crippen molar-refractivity contribution in [3.05, 3.63) is 54.6 Å². The smallest absolute Gasteiger partial charge is 0.457 e. The maximum absolute atomic E-state index is 9.01. The van der Waals surface area contributed by atoms with Crippen molar-refractivity contribution in [3.8, 4) is 11.5 Å². The van der Waals surface area contributed by atoms with Crippen LogP contribution in [0.5, 0.6) is 11.5 Å². The Kier molecular flexibility index (Phi) is 3.24. The molecular weight excluding hydrogens is 203 g/mol. The predicted octanol–water partition coefficient (Wildman–Crippen LogP) is 0.959. The quantitative estimate of drug-likeness (QED) is 0.746. The van der Waals surface area contributed by atoms with Crippen molar-refractivity contribution in [2.45, 2.75) is 0 Å². The average molecular weight is 213 g/mol. The molecule has 0 aromatic heterocycles. The molecule has 0 amide bonds. The molecular formula is C12H10BO3. The third-order valence-corrected chi connectivity index (χ3v) is 2.08. The van der Waals surface area contributed by atoms with Gasteiger partial charge in [-0.05, 0) is 35.8 Å². The first-order valence-corrected chi connectivity index (χ1v) is 4.86. The number of benzene rings is 2. The molecule has 4 heteroatoms. The highest BCUT2D eigenvalue weighted by Crippen LogP contribution is 2.19. The van der Waals surface area contributed by atoms with E-state index in [9.17, 15) is 0 Å². The second kappa shape index (κ2) is 4.83. The van der Waals surface area contributed by atoms with Crippen LogP contribution in [0.4, 0.5) is 0 Å². The molecule has 0 saturated carbocycles. The first-order chi connectivity index (χ1) is 7.75. The second-order valence-corrected chi connectivity index (χ2v) is 3.28. The van der Waals surface area contributed by atoms with Crippen molar-refractivity contribution in [1.82, 2.24) is 0 Å². The minimum absolute atomic E-state index is 0.403. The molecule has 2 N–H and O–H groups in total. The van der Waals surface area contributed by atoms with E-state index >= 15 is 0 Å². The minimum Gasteiger partial charge on any atom is -0.457 e. The topological polar surface area (TPSA) is 49.7 Å². The van der Waals surface area contributed by atoms with E-state index in [2.05, 4.69) is 6.07 Å². The number of hydrogen-bond acceptors (Lipinski definition) is 3. The molecule has 2 rings (SSSR count). The molecule has 3 nitrogen and oxygen atoms in total. The summed E-state index contributed by atoms with van der Waals surface area (Å²) in [6.45, 7) is 0. The summed E-state index contributed by atoms with van der Waals surface area (Å²) in [6, 6.07) is 16.6. The van der Waals surface area contributed by atoms with E-state index in [0.717, 1.165) is 0 Å². The van der Waals surface area contributed by atoms with Crippen molar-refractivity contribution < 1.29 is 14.8 Å². The molecule has 1 radical (unpaired) electrons. The fourth-order valence-electron chi connectivity index (χ4n) is 1.31. The van der Waals surface area contributed by atoms with Gasteiger partial charge in [-0.3, -0.25) is 0 Å². The first kappa shape index (κ1) is 10.7. The van der Waals surface area contributed by atoms with Crippen LogP contribution in [-0.2, 0) is 0 Å². The summed E-state index contributed by atoms with van der Waals surface area (Å²) in [4.78, 5) is 0. The zero-order valence-corrected chi connectivity index (χ0v) is 8.50. The molecule has 0 heterocycles. The molecule has 0 saturated heterocycles. The molecule has 0 bridgehead atoms. The van der Waals surface area contributed by atoms with Gasteiger partial charge >= 0.3 is 7.12 Å². The van der Waals surface area contributed by atoms with Crippen molar-refractivity contribution in [3.63, 3.8) is 0 Å². The minimum atomic E-state index is -1.48. The van der Waals surface area contributed by atoms with Gasteiger partial charge in [0, 0.05) is 0 Å². The van der Waals surface area contributed by atoms with Crippen LogP contribution in [0.2, 0.25) is 0 Å². The molecule has 0 spiro atoms. The standard InChI is InChI=1S/C12H10BO3/c14-13(15)10-5-4-8-12(9-10)16-11-6-2-1-3-7-11/h2-9,14-15H. The van der Waals surface area contributed by atoms with Gasteiger partial charge in [0.05, 0.1) is 0 Å². The zero-order chi connectivity index (χ0) is 11.4. The lowest BCUT2D eigenvalue weighted by molar-refractivity contribution is 0.425. The van der Waals surface area contributed by atoms with Crippen LogP contribution in [0, 0.1) is 6.07 Å². The fraction of sp³-hybridized carbons (Fsp3) is 0. The Balaban J connectivity index is 2.19. The summed E-state index contributed by atoms with van der Waals surface area (Å²) >= 11 is 0. The maximum atomic E-state index is 9.01. The molecule has 0 unspecified atom stereocenters. The van der Waals surface area contributed by atoms with Crippen molar-refractivity contribution >= 4 is 12.6 Å². The Morgan fingerprint density at radius 3 is 2.44 bits per heavy atom. The van der Waals surface area contributed by atoms with Crippen LogP contribution in [0.15, 0.2) is 48.5 Å². The molecule has 2 aromatic rings. The average Bonchev–Trinajstić information content (AvgIpc) is 2.30. The SMILES string of the molecule is OB(O)c1cccc(Oc2cc[c]cc2)c1. The third-order valence-electron chi connectivity index (χ3n) is 2.08. The first-order valence-electron chi connectivity index (χ1n) is 4.86. The summed E-state index contributed by atoms with van der Waals surface area (Å²) in [7, 11) is -1.48. The number of ether oxygens (including phenoxy) is 1. The number of rotatable bonds is 3. The molecule has 0 aliphatic rings. The maximum Gasteiger partial charge on any atom is 0.488 e. The zero-order valence-electron chi connectivity index (χ0n) is 8.50. The van der Waals surface area contributed by atoms with Gasteiger partial charge in [-0.2, -0.15) is 0 Å². The summed E-state index contributed by atoms with van der Waals surface area (Å²) in [5.41, 5.74) is 0.403. The van der Waals surface area contributed by atoms with Crippen molar-refractivity contribution in [2.24, 2.45) is 0 Å². The highest BCUT2D eigenvalue weighted by molar-refractivity contribution is 6.58. The predicted molar refractivity (Wildman–Crippen MR) is 61.6 cm³/mol. The van der Waals surface area contributed by atoms with Crippen LogP contribution in [0.3, 0.4) is 0 Å². The Hall–Kier alpha value is -1.78. The van der Waals surface area contributed by atoms with Crippen LogP contribution in [0.25, 0.3) is 0 Å². The highest BCUT2D eigenvalue weighted by Gasteiger charge is 2.11. The second-order valence-electron chi connectivity index (χ2n) is 3.28. The molecule has 2 aromatic carbocycles. The van der Waals surface area contributed by atoms with Gasteiger partial charge in [0.25, 0.3) is 0 Å². The van der Waals surface area contributed by atoms with Gasteiger partial charge in [0.2, 0.25) is 0 Å². The highest BCUT2D eigenvalue weighted by atomic mass is 16.5. The van der Waals surface area contributed by atoms with E-state index < -0.39 is 7.12 Å². The van der Waals surface area contributed by atoms with Crippen LogP contribution >= 0.6 is 0 Å². The van der Waals surface area contributed by atoms with E-state index in [1.807, 2.05) is 0 Å². The van der Waals surface area contributed by atoms with Crippen LogP contribution in [-0.4, -0.2) is 17.2 Å². The summed E-state index contributed by atoms with van der Waals surface area (Å²) in [5.74, 6) is 1.25. The van der Waals surface area contributed by atoms with Gasteiger partial charge in [0.15, 0.2) is 0 Å². The van der Waals surface area contributed by atoms with Gasteiger partial charge in [-0.15, -0.1) is 0 Å². The van der Waals surface area contributed by atoms with Gasteiger partial charge in [0.1, 0.15) is 11.5 Å². The van der Waals surface area contributed by atoms with Crippen molar-refractivity contribution in [1.29, 1.82) is 0 Å². The van der Waals surface area contributed by atoms with E-state index in [1.54, 1.807) is 48.5 Å². The molecule has 79 valence electrons. The largest absolute Gasteiger partial charge is 0.488 e. The van der Waals surface area contributed by atoms with E-state index in [1.165, 1.54) is 0 Å². The Morgan fingerprint density at radius 1 is 1.00 bits per heavy atom. The number of hydrogen-bond donors (Lipinski definition) is 2. The summed E-state index contributed by atoms with van der Waals surface area (Å²) in [5, 5.41) is 18.0. The van der Waals surface area contributed by atoms with Crippen LogP contribution in [0.1, 0.15) is 0 Å². The van der Waals surface area contributed by atoms with Crippen molar-refractivity contribution in [2.75, 3.05) is 0 Å². The Labute approximate surface area is 94.1 Å². The normalized spacial score (nSPS) is 9.88. The van der Waals surface area contributed by atoms with Gasteiger partial charge < -0.3 is 14.8 Å². The van der Waals surface area contributed by atoms with Gasteiger partial charge in [-0.25, -0.2) is 0 Å². The molecule has 0 atom stereocenters. The fourth-order valence-corrected chi connectivity index (χ4v) is 1.31. The molecule has 0 aliphatic carbocycles. The monoisotopic (exact) mass is 213 g/mol. The lowest BCUT2D eigenvalue weighted by atomic mass is 9.80. The van der Waals surface area contributed by atoms with E-state index in [4.69, 9.17) is 14.8 Å². The lowest BCUT2D eigenvalue weighted by Gasteiger charge is -2.06. The summed E-state index contributed by atoms with van der Waals surface area (Å²) < 4.78 is 5.53. The molecule has 16 heavy (non-hydrogen) atoms. The van der Waals surface area contributed by atoms with E-state index in [0.29, 0.717) is 17.0 Å². The van der Waals surface area contributed by atoms with Crippen LogP contribution < -0.4 is 10.2 Å². The Bertz CT molecular complexity index is 457. The Morgan fingerprint density at radius 2 is 1.75 bits per heavy atom. The van der Waals surface area contributed by atoms with E-state index in [-0.39, 0.29) is 0 Å². The molecule has 0 fully saturated rings. The van der Waals surface area contributed by atoms with Gasteiger partial charge in [-0.1, -0.05) is 24.3 Å². The molecule has 0 aliphatic heterocycles. The third kappa shape index (κ3) is 2.62. The summed E-state index contributed by atoms with van der Waals surface area (Å²) in [6.07, 6.45) is 0. The lowest BCUT2D eigenvalue weighted by Crippen LogP contribution is -2.29.